The fourth-order valence-corrected chi connectivity index (χ4v) is 3.89. The maximum absolute atomic E-state index is 12.7. The van der Waals surface area contributed by atoms with Crippen LogP contribution in [0.25, 0.3) is 0 Å². The van der Waals surface area contributed by atoms with Crippen molar-refractivity contribution in [2.45, 2.75) is 31.2 Å². The van der Waals surface area contributed by atoms with Crippen LogP contribution in [0, 0.1) is 5.92 Å². The van der Waals surface area contributed by atoms with Crippen LogP contribution in [0.3, 0.4) is 0 Å². The maximum atomic E-state index is 12.7. The first-order valence-electron chi connectivity index (χ1n) is 9.62. The summed E-state index contributed by atoms with van der Waals surface area (Å²) in [5.41, 5.74) is 0.636. The van der Waals surface area contributed by atoms with Gasteiger partial charge in [-0.25, -0.2) is 4.79 Å². The van der Waals surface area contributed by atoms with Crippen molar-refractivity contribution in [3.05, 3.63) is 54.1 Å². The number of rotatable bonds is 9. The van der Waals surface area contributed by atoms with E-state index in [4.69, 9.17) is 8.92 Å². The van der Waals surface area contributed by atoms with Crippen LogP contribution in [0.15, 0.2) is 53.4 Å². The number of hydrogen-bond donors (Lipinski definition) is 1. The largest absolute Gasteiger partial charge is 0.497 e. The van der Waals surface area contributed by atoms with Gasteiger partial charge in [0.05, 0.1) is 13.7 Å². The molecule has 0 aliphatic heterocycles. The van der Waals surface area contributed by atoms with Crippen molar-refractivity contribution in [2.75, 3.05) is 20.2 Å². The molecule has 7 nitrogen and oxygen atoms in total. The summed E-state index contributed by atoms with van der Waals surface area (Å²) in [5.74, 6) is 1.28. The Bertz CT molecular complexity index is 940. The van der Waals surface area contributed by atoms with Crippen molar-refractivity contribution in [1.29, 1.82) is 0 Å². The molecule has 2 aromatic carbocycles. The number of carbonyl (C=O) groups excluding carboxylic acids is 1. The molecule has 156 valence electrons. The number of hydrogen-bond acceptors (Lipinski definition) is 5. The van der Waals surface area contributed by atoms with E-state index in [1.54, 1.807) is 41.3 Å². The van der Waals surface area contributed by atoms with Gasteiger partial charge in [-0.05, 0) is 56.0 Å². The third-order valence-electron chi connectivity index (χ3n) is 4.67. The van der Waals surface area contributed by atoms with E-state index in [1.807, 2.05) is 6.92 Å². The third-order valence-corrected chi connectivity index (χ3v) is 5.92. The summed E-state index contributed by atoms with van der Waals surface area (Å²) in [6.07, 6.45) is 2.22. The minimum absolute atomic E-state index is 0.0339. The van der Waals surface area contributed by atoms with E-state index in [2.05, 4.69) is 5.32 Å². The van der Waals surface area contributed by atoms with Gasteiger partial charge in [0.25, 0.3) is 0 Å². The molecular weight excluding hydrogens is 392 g/mol. The van der Waals surface area contributed by atoms with Gasteiger partial charge in [-0.2, -0.15) is 8.42 Å². The van der Waals surface area contributed by atoms with Gasteiger partial charge in [-0.3, -0.25) is 0 Å². The van der Waals surface area contributed by atoms with Crippen LogP contribution in [0.4, 0.5) is 4.79 Å². The second-order valence-electron chi connectivity index (χ2n) is 6.98. The smallest absolute Gasteiger partial charge is 0.339 e. The molecule has 1 fully saturated rings. The monoisotopic (exact) mass is 418 g/mol. The van der Waals surface area contributed by atoms with Crippen LogP contribution < -0.4 is 14.2 Å². The lowest BCUT2D eigenvalue weighted by Gasteiger charge is -2.24. The number of carbonyl (C=O) groups is 1. The van der Waals surface area contributed by atoms with Crippen molar-refractivity contribution in [3.63, 3.8) is 0 Å². The molecule has 0 spiro atoms. The van der Waals surface area contributed by atoms with E-state index < -0.39 is 10.1 Å². The molecule has 0 bridgehead atoms. The lowest BCUT2D eigenvalue weighted by molar-refractivity contribution is 0.192. The SMILES string of the molecule is CCNC(=O)N(Cc1ccccc1OS(=O)(=O)c1ccc(OC)cc1)CC1CC1. The number of nitrogens with zero attached hydrogens (tertiary/aromatic N) is 1. The highest BCUT2D eigenvalue weighted by Crippen LogP contribution is 2.31. The Morgan fingerprint density at radius 2 is 1.83 bits per heavy atom. The van der Waals surface area contributed by atoms with E-state index in [-0.39, 0.29) is 23.2 Å². The maximum Gasteiger partial charge on any atom is 0.339 e. The molecule has 8 heteroatoms. The number of amides is 2. The zero-order valence-corrected chi connectivity index (χ0v) is 17.4. The van der Waals surface area contributed by atoms with Gasteiger partial charge in [-0.15, -0.1) is 0 Å². The van der Waals surface area contributed by atoms with Crippen molar-refractivity contribution in [2.24, 2.45) is 5.92 Å². The lowest BCUT2D eigenvalue weighted by Crippen LogP contribution is -2.40. The van der Waals surface area contributed by atoms with Gasteiger partial charge in [-0.1, -0.05) is 18.2 Å². The Morgan fingerprint density at radius 1 is 1.14 bits per heavy atom. The molecule has 0 saturated heterocycles. The third kappa shape index (κ3) is 5.63. The van der Waals surface area contributed by atoms with E-state index in [1.165, 1.54) is 19.2 Å². The second-order valence-corrected chi connectivity index (χ2v) is 8.53. The summed E-state index contributed by atoms with van der Waals surface area (Å²) in [4.78, 5) is 14.2. The zero-order valence-electron chi connectivity index (χ0n) is 16.6. The van der Waals surface area contributed by atoms with Crippen LogP contribution in [0.2, 0.25) is 0 Å². The zero-order chi connectivity index (χ0) is 20.9. The Kier molecular flexibility index (Phi) is 6.64. The molecule has 2 amide bonds. The summed E-state index contributed by atoms with van der Waals surface area (Å²) >= 11 is 0. The van der Waals surface area contributed by atoms with E-state index in [0.717, 1.165) is 12.8 Å². The minimum Gasteiger partial charge on any atom is -0.497 e. The molecule has 2 aromatic rings. The first-order valence-corrected chi connectivity index (χ1v) is 11.0. The highest BCUT2D eigenvalue weighted by Gasteiger charge is 2.28. The summed E-state index contributed by atoms with van der Waals surface area (Å²) in [7, 11) is -2.50. The molecule has 0 radical (unpaired) electrons. The van der Waals surface area contributed by atoms with Crippen molar-refractivity contribution < 1.29 is 22.1 Å². The van der Waals surface area contributed by atoms with Gasteiger partial charge in [0.2, 0.25) is 0 Å². The van der Waals surface area contributed by atoms with Gasteiger partial charge in [0.1, 0.15) is 16.4 Å². The predicted octanol–water partition coefficient (Wildman–Crippen LogP) is 3.40. The summed E-state index contributed by atoms with van der Waals surface area (Å²) in [5, 5.41) is 2.82. The average Bonchev–Trinajstić information content (AvgIpc) is 3.53. The van der Waals surface area contributed by atoms with Gasteiger partial charge in [0, 0.05) is 18.7 Å². The summed E-state index contributed by atoms with van der Waals surface area (Å²) in [6.45, 7) is 3.32. The van der Waals surface area contributed by atoms with E-state index in [9.17, 15) is 13.2 Å². The normalized spacial score (nSPS) is 13.6. The van der Waals surface area contributed by atoms with Gasteiger partial charge < -0.3 is 19.1 Å². The van der Waals surface area contributed by atoms with Crippen LogP contribution in [0.5, 0.6) is 11.5 Å². The van der Waals surface area contributed by atoms with Crippen LogP contribution in [-0.2, 0) is 16.7 Å². The van der Waals surface area contributed by atoms with E-state index >= 15 is 0 Å². The molecule has 0 atom stereocenters. The highest BCUT2D eigenvalue weighted by molar-refractivity contribution is 7.87. The molecule has 3 rings (SSSR count). The number of para-hydroxylation sites is 1. The van der Waals surface area contributed by atoms with Crippen LogP contribution in [-0.4, -0.2) is 39.5 Å². The molecule has 0 unspecified atom stereocenters. The number of nitrogens with one attached hydrogen (secondary N) is 1. The fraction of sp³-hybridized carbons (Fsp3) is 0.381. The van der Waals surface area contributed by atoms with Crippen molar-refractivity contribution in [1.82, 2.24) is 10.2 Å². The molecule has 1 aliphatic carbocycles. The Morgan fingerprint density at radius 3 is 2.45 bits per heavy atom. The predicted molar refractivity (Wildman–Crippen MR) is 109 cm³/mol. The number of urea groups is 1. The molecule has 0 heterocycles. The Labute approximate surface area is 171 Å². The van der Waals surface area contributed by atoms with E-state index in [0.29, 0.717) is 30.3 Å². The first-order chi connectivity index (χ1) is 13.9. The molecular formula is C21H26N2O5S. The molecule has 29 heavy (non-hydrogen) atoms. The topological polar surface area (TPSA) is 84.9 Å². The second kappa shape index (κ2) is 9.17. The quantitative estimate of drug-likeness (QED) is 0.631. The summed E-state index contributed by atoms with van der Waals surface area (Å²) < 4.78 is 35.9. The lowest BCUT2D eigenvalue weighted by atomic mass is 10.2. The van der Waals surface area contributed by atoms with Gasteiger partial charge in [0.15, 0.2) is 0 Å². The van der Waals surface area contributed by atoms with Crippen molar-refractivity contribution >= 4 is 16.1 Å². The standard InChI is InChI=1S/C21H26N2O5S/c1-3-22-21(24)23(14-16-8-9-16)15-17-6-4-5-7-20(17)28-29(25,26)19-12-10-18(27-2)11-13-19/h4-7,10-13,16H,3,8-9,14-15H2,1-2H3,(H,22,24). The molecule has 1 aliphatic rings. The van der Waals surface area contributed by atoms with Crippen molar-refractivity contribution in [3.8, 4) is 11.5 Å². The Balaban J connectivity index is 1.80. The van der Waals surface area contributed by atoms with Crippen LogP contribution >= 0.6 is 0 Å². The Hall–Kier alpha value is -2.74. The average molecular weight is 419 g/mol. The van der Waals surface area contributed by atoms with Gasteiger partial charge >= 0.3 is 16.1 Å². The number of ether oxygens (including phenoxy) is 1. The fourth-order valence-electron chi connectivity index (χ4n) is 2.92. The highest BCUT2D eigenvalue weighted by atomic mass is 32.2. The molecule has 1 saturated carbocycles. The number of benzene rings is 2. The minimum atomic E-state index is -4.01. The van der Waals surface area contributed by atoms with Crippen LogP contribution in [0.1, 0.15) is 25.3 Å². The first kappa shape index (κ1) is 21.0. The molecule has 0 aromatic heterocycles. The molecule has 1 N–H and O–H groups in total. The number of methoxy groups -OCH3 is 1. The summed E-state index contributed by atoms with van der Waals surface area (Å²) in [6, 6.07) is 12.7.